The van der Waals surface area contributed by atoms with E-state index in [9.17, 15) is 4.39 Å². The molecule has 1 aliphatic heterocycles. The van der Waals surface area contributed by atoms with Crippen LogP contribution in [0, 0.1) is 5.82 Å². The van der Waals surface area contributed by atoms with Gasteiger partial charge < -0.3 is 10.6 Å². The number of halogens is 1. The molecule has 1 aromatic rings. The van der Waals surface area contributed by atoms with Crippen LogP contribution in [0.15, 0.2) is 18.2 Å². The normalized spacial score (nSPS) is 21.4. The predicted molar refractivity (Wildman–Crippen MR) is 72.8 cm³/mol. The molecule has 0 spiro atoms. The van der Waals surface area contributed by atoms with Gasteiger partial charge in [0.15, 0.2) is 0 Å². The van der Waals surface area contributed by atoms with E-state index in [2.05, 4.69) is 23.9 Å². The summed E-state index contributed by atoms with van der Waals surface area (Å²) in [6, 6.07) is 5.23. The van der Waals surface area contributed by atoms with Gasteiger partial charge in [-0.15, -0.1) is 0 Å². The van der Waals surface area contributed by atoms with Crippen LogP contribution >= 0.6 is 0 Å². The summed E-state index contributed by atoms with van der Waals surface area (Å²) >= 11 is 0. The molecule has 1 saturated heterocycles. The number of benzene rings is 1. The molecule has 1 aliphatic rings. The Labute approximate surface area is 108 Å². The number of piperidine rings is 1. The summed E-state index contributed by atoms with van der Waals surface area (Å²) in [5.41, 5.74) is 7.40. The Hall–Kier alpha value is -1.13. The summed E-state index contributed by atoms with van der Waals surface area (Å²) in [7, 11) is 4.28. The first-order chi connectivity index (χ1) is 8.56. The molecule has 0 radical (unpaired) electrons. The van der Waals surface area contributed by atoms with E-state index >= 15 is 0 Å². The van der Waals surface area contributed by atoms with Gasteiger partial charge >= 0.3 is 0 Å². The van der Waals surface area contributed by atoms with Crippen LogP contribution in [0.2, 0.25) is 0 Å². The number of nitrogens with zero attached hydrogens (tertiary/aromatic N) is 2. The summed E-state index contributed by atoms with van der Waals surface area (Å²) in [5, 5.41) is 0. The largest absolute Gasteiger partial charge is 0.398 e. The lowest BCUT2D eigenvalue weighted by molar-refractivity contribution is 0.129. The van der Waals surface area contributed by atoms with E-state index in [1.807, 2.05) is 0 Å². The molecular formula is C14H22FN3. The summed E-state index contributed by atoms with van der Waals surface area (Å²) in [6.07, 6.45) is 2.46. The highest BCUT2D eigenvalue weighted by atomic mass is 19.1. The second kappa shape index (κ2) is 5.67. The van der Waals surface area contributed by atoms with Crippen LogP contribution in [0.4, 0.5) is 10.1 Å². The molecule has 4 heteroatoms. The fraction of sp³-hybridized carbons (Fsp3) is 0.571. The van der Waals surface area contributed by atoms with Gasteiger partial charge in [0.2, 0.25) is 0 Å². The smallest absolute Gasteiger partial charge is 0.125 e. The van der Waals surface area contributed by atoms with Crippen LogP contribution in [0.1, 0.15) is 18.4 Å². The first-order valence-corrected chi connectivity index (χ1v) is 6.49. The molecule has 1 aromatic carbocycles. The third-order valence-electron chi connectivity index (χ3n) is 3.75. The fourth-order valence-electron chi connectivity index (χ4n) is 2.61. The average molecular weight is 251 g/mol. The van der Waals surface area contributed by atoms with Crippen LogP contribution in [-0.2, 0) is 6.54 Å². The quantitative estimate of drug-likeness (QED) is 0.833. The number of anilines is 1. The van der Waals surface area contributed by atoms with Crippen molar-refractivity contribution in [3.63, 3.8) is 0 Å². The van der Waals surface area contributed by atoms with Crippen molar-refractivity contribution in [1.82, 2.24) is 9.80 Å². The molecule has 1 unspecified atom stereocenters. The number of nitrogens with two attached hydrogens (primary N) is 1. The first-order valence-electron chi connectivity index (χ1n) is 6.49. The molecule has 0 amide bonds. The van der Waals surface area contributed by atoms with E-state index < -0.39 is 0 Å². The van der Waals surface area contributed by atoms with E-state index in [-0.39, 0.29) is 5.82 Å². The van der Waals surface area contributed by atoms with Gasteiger partial charge in [-0.1, -0.05) is 6.07 Å². The van der Waals surface area contributed by atoms with Gasteiger partial charge in [-0.2, -0.15) is 0 Å². The Bertz CT molecular complexity index is 408. The van der Waals surface area contributed by atoms with Crippen molar-refractivity contribution < 1.29 is 4.39 Å². The number of hydrogen-bond acceptors (Lipinski definition) is 3. The summed E-state index contributed by atoms with van der Waals surface area (Å²) in [6.45, 7) is 3.06. The Balaban J connectivity index is 1.99. The SMILES string of the molecule is CN1CCCC(N(C)Cc2ccc(F)cc2N)C1. The minimum absolute atomic E-state index is 0.267. The zero-order chi connectivity index (χ0) is 13.1. The van der Waals surface area contributed by atoms with Gasteiger partial charge in [0.25, 0.3) is 0 Å². The lowest BCUT2D eigenvalue weighted by Crippen LogP contribution is -2.44. The van der Waals surface area contributed by atoms with E-state index in [1.54, 1.807) is 6.07 Å². The minimum Gasteiger partial charge on any atom is -0.398 e. The fourth-order valence-corrected chi connectivity index (χ4v) is 2.61. The molecule has 3 nitrogen and oxygen atoms in total. The molecule has 0 bridgehead atoms. The predicted octanol–water partition coefficient (Wildman–Crippen LogP) is 1.93. The van der Waals surface area contributed by atoms with Crippen molar-refractivity contribution >= 4 is 5.69 Å². The van der Waals surface area contributed by atoms with E-state index in [4.69, 9.17) is 5.73 Å². The van der Waals surface area contributed by atoms with Crippen LogP contribution in [-0.4, -0.2) is 43.0 Å². The van der Waals surface area contributed by atoms with E-state index in [0.717, 1.165) is 18.7 Å². The van der Waals surface area contributed by atoms with Crippen LogP contribution in [0.5, 0.6) is 0 Å². The zero-order valence-electron chi connectivity index (χ0n) is 11.2. The lowest BCUT2D eigenvalue weighted by atomic mass is 10.0. The molecule has 1 fully saturated rings. The van der Waals surface area contributed by atoms with Gasteiger partial charge in [0.05, 0.1) is 0 Å². The molecule has 100 valence electrons. The van der Waals surface area contributed by atoms with Gasteiger partial charge in [0.1, 0.15) is 5.82 Å². The number of nitrogen functional groups attached to an aromatic ring is 1. The molecule has 2 N–H and O–H groups in total. The molecule has 1 heterocycles. The van der Waals surface area contributed by atoms with Crippen molar-refractivity contribution in [2.75, 3.05) is 32.9 Å². The molecule has 0 aliphatic carbocycles. The number of hydrogen-bond donors (Lipinski definition) is 1. The summed E-state index contributed by atoms with van der Waals surface area (Å²) < 4.78 is 13.0. The third-order valence-corrected chi connectivity index (χ3v) is 3.75. The molecule has 0 aromatic heterocycles. The Kier molecular flexibility index (Phi) is 4.19. The highest BCUT2D eigenvalue weighted by Crippen LogP contribution is 2.19. The maximum absolute atomic E-state index is 13.0. The Morgan fingerprint density at radius 1 is 1.50 bits per heavy atom. The van der Waals surface area contributed by atoms with Gasteiger partial charge in [-0.3, -0.25) is 4.90 Å². The first kappa shape index (κ1) is 13.3. The van der Waals surface area contributed by atoms with Crippen molar-refractivity contribution in [2.45, 2.75) is 25.4 Å². The van der Waals surface area contributed by atoms with E-state index in [0.29, 0.717) is 11.7 Å². The molecule has 1 atom stereocenters. The van der Waals surface area contributed by atoms with Crippen molar-refractivity contribution in [1.29, 1.82) is 0 Å². The molecule has 18 heavy (non-hydrogen) atoms. The van der Waals surface area contributed by atoms with Crippen molar-refractivity contribution in [3.8, 4) is 0 Å². The Morgan fingerprint density at radius 2 is 2.28 bits per heavy atom. The monoisotopic (exact) mass is 251 g/mol. The number of rotatable bonds is 3. The van der Waals surface area contributed by atoms with Crippen LogP contribution in [0.25, 0.3) is 0 Å². The lowest BCUT2D eigenvalue weighted by Gasteiger charge is -2.36. The topological polar surface area (TPSA) is 32.5 Å². The van der Waals surface area contributed by atoms with Gasteiger partial charge in [-0.25, -0.2) is 4.39 Å². The van der Waals surface area contributed by atoms with E-state index in [1.165, 1.54) is 31.5 Å². The van der Waals surface area contributed by atoms with Crippen molar-refractivity contribution in [3.05, 3.63) is 29.6 Å². The standard InChI is InChI=1S/C14H22FN3/c1-17-7-3-4-13(10-17)18(2)9-11-5-6-12(15)8-14(11)16/h5-6,8,13H,3-4,7,9-10,16H2,1-2H3. The Morgan fingerprint density at radius 3 is 2.94 bits per heavy atom. The minimum atomic E-state index is -0.267. The summed E-state index contributed by atoms with van der Waals surface area (Å²) in [4.78, 5) is 4.68. The zero-order valence-corrected chi connectivity index (χ0v) is 11.2. The van der Waals surface area contributed by atoms with Gasteiger partial charge in [0, 0.05) is 24.8 Å². The maximum Gasteiger partial charge on any atom is 0.125 e. The average Bonchev–Trinajstić information content (AvgIpc) is 2.32. The maximum atomic E-state index is 13.0. The van der Waals surface area contributed by atoms with Gasteiger partial charge in [-0.05, 0) is 51.2 Å². The summed E-state index contributed by atoms with van der Waals surface area (Å²) in [5.74, 6) is -0.267. The molecule has 0 saturated carbocycles. The highest BCUT2D eigenvalue weighted by Gasteiger charge is 2.21. The third kappa shape index (κ3) is 3.21. The number of likely N-dealkylation sites (N-methyl/N-ethyl adjacent to an activating group) is 2. The number of likely N-dealkylation sites (tertiary alicyclic amines) is 1. The van der Waals surface area contributed by atoms with Crippen LogP contribution < -0.4 is 5.73 Å². The highest BCUT2D eigenvalue weighted by molar-refractivity contribution is 5.46. The second-order valence-electron chi connectivity index (χ2n) is 5.32. The molecular weight excluding hydrogens is 229 g/mol. The van der Waals surface area contributed by atoms with Crippen LogP contribution in [0.3, 0.4) is 0 Å². The van der Waals surface area contributed by atoms with Crippen molar-refractivity contribution in [2.24, 2.45) is 0 Å². The second-order valence-corrected chi connectivity index (χ2v) is 5.32. The molecule has 2 rings (SSSR count).